The highest BCUT2D eigenvalue weighted by Crippen LogP contribution is 2.25. The largest absolute Gasteiger partial charge is 0.371 e. The first-order chi connectivity index (χ1) is 20.6. The summed E-state index contributed by atoms with van der Waals surface area (Å²) in [5.41, 5.74) is 4.01. The minimum absolute atomic E-state index is 0.137. The first-order valence-electron chi connectivity index (χ1n) is 15.5. The molecule has 0 spiro atoms. The molecule has 9 nitrogen and oxygen atoms in total. The molecule has 1 fully saturated rings. The van der Waals surface area contributed by atoms with E-state index in [-0.39, 0.29) is 18.0 Å². The highest BCUT2D eigenvalue weighted by molar-refractivity contribution is 6.76. The minimum Gasteiger partial charge on any atom is -0.371 e. The van der Waals surface area contributed by atoms with Gasteiger partial charge < -0.3 is 9.47 Å². The number of hydrogen-bond acceptors (Lipinski definition) is 8. The lowest BCUT2D eigenvalue weighted by Gasteiger charge is -2.29. The molecule has 236 valence electrons. The van der Waals surface area contributed by atoms with Gasteiger partial charge in [0.05, 0.1) is 12.7 Å². The van der Waals surface area contributed by atoms with Crippen LogP contribution in [0.3, 0.4) is 0 Å². The maximum atomic E-state index is 14.1. The Bertz CT molecular complexity index is 1290. The Morgan fingerprint density at radius 1 is 1.14 bits per heavy atom. The highest BCUT2D eigenvalue weighted by atomic mass is 28.3. The molecule has 2 aromatic carbocycles. The van der Waals surface area contributed by atoms with Gasteiger partial charge in [-0.1, -0.05) is 56.0 Å². The van der Waals surface area contributed by atoms with Crippen molar-refractivity contribution in [2.45, 2.75) is 96.6 Å². The van der Waals surface area contributed by atoms with Crippen LogP contribution < -0.4 is 5.90 Å². The topological polar surface area (TPSA) is 101 Å². The average Bonchev–Trinajstić information content (AvgIpc) is 3.62. The van der Waals surface area contributed by atoms with E-state index < -0.39 is 8.07 Å². The average molecular weight is 613 g/mol. The number of rotatable bonds is 17. The van der Waals surface area contributed by atoms with Gasteiger partial charge in [-0.15, -0.1) is 15.0 Å². The predicted octanol–water partition coefficient (Wildman–Crippen LogP) is 5.26. The van der Waals surface area contributed by atoms with E-state index in [4.69, 9.17) is 20.2 Å². The van der Waals surface area contributed by atoms with E-state index in [2.05, 4.69) is 59.0 Å². The van der Waals surface area contributed by atoms with Crippen molar-refractivity contribution in [3.05, 3.63) is 76.4 Å². The van der Waals surface area contributed by atoms with Crippen LogP contribution in [-0.4, -0.2) is 71.6 Å². The van der Waals surface area contributed by atoms with E-state index >= 15 is 0 Å². The predicted molar refractivity (Wildman–Crippen MR) is 169 cm³/mol. The number of aromatic nitrogens is 4. The molecule has 43 heavy (non-hydrogen) atoms. The molecule has 4 rings (SSSR count). The number of ether oxygens (including phenoxy) is 2. The third-order valence-electron chi connectivity index (χ3n) is 8.18. The molecule has 0 bridgehead atoms. The molecule has 1 saturated heterocycles. The Labute approximate surface area is 256 Å². The van der Waals surface area contributed by atoms with Gasteiger partial charge in [0.2, 0.25) is 0 Å². The van der Waals surface area contributed by atoms with Gasteiger partial charge in [-0.25, -0.2) is 10.3 Å². The van der Waals surface area contributed by atoms with Crippen LogP contribution in [0.25, 0.3) is 0 Å². The maximum Gasteiger partial charge on any atom is 0.175 e. The highest BCUT2D eigenvalue weighted by Gasteiger charge is 2.28. The standard InChI is InChI=1S/C32H49FN6O3Si/c1-24-12-13-26(20-31(24)33)19-28-10-8-16-38(28)21-29(42-34)22-41-25(2)30-11-7-6-9-27(30)14-15-32-35-37-39(36-32)23-40-17-18-43(3,4)5/h6-7,9,11-13,20,25,28-29H,8,10,14-19,21-23,34H2,1-5H3/t25-,28+,29-/m1/s1. The molecule has 2 heterocycles. The van der Waals surface area contributed by atoms with Crippen LogP contribution in [0, 0.1) is 12.7 Å². The summed E-state index contributed by atoms with van der Waals surface area (Å²) in [6.45, 7) is 13.9. The van der Waals surface area contributed by atoms with Crippen LogP contribution in [0.5, 0.6) is 0 Å². The molecule has 0 radical (unpaired) electrons. The van der Waals surface area contributed by atoms with Crippen molar-refractivity contribution in [2.24, 2.45) is 5.90 Å². The number of benzene rings is 2. The van der Waals surface area contributed by atoms with Crippen LogP contribution in [0.1, 0.15) is 53.9 Å². The molecule has 0 unspecified atom stereocenters. The molecule has 1 aliphatic heterocycles. The lowest BCUT2D eigenvalue weighted by molar-refractivity contribution is -0.0557. The van der Waals surface area contributed by atoms with Gasteiger partial charge in [0.25, 0.3) is 0 Å². The molecule has 3 aromatic rings. The SMILES string of the molecule is Cc1ccc(C[C@@H]2CCCN2C[C@H](CO[C@H](C)c2ccccc2CCc2nnn(COCC[Si](C)(C)C)n2)ON)cc1F. The summed E-state index contributed by atoms with van der Waals surface area (Å²) in [5.74, 6) is 6.28. The summed E-state index contributed by atoms with van der Waals surface area (Å²) in [4.78, 5) is 9.28. The Morgan fingerprint density at radius 2 is 1.95 bits per heavy atom. The van der Waals surface area contributed by atoms with Crippen molar-refractivity contribution >= 4 is 8.07 Å². The van der Waals surface area contributed by atoms with E-state index in [0.717, 1.165) is 56.0 Å². The van der Waals surface area contributed by atoms with Crippen molar-refractivity contribution in [3.8, 4) is 0 Å². The van der Waals surface area contributed by atoms with Gasteiger partial charge >= 0.3 is 0 Å². The Hall–Kier alpha value is -2.54. The third-order valence-corrected chi connectivity index (χ3v) is 9.88. The molecule has 1 aliphatic rings. The molecule has 0 amide bonds. The number of aryl methyl sites for hydroxylation is 3. The fourth-order valence-electron chi connectivity index (χ4n) is 5.50. The van der Waals surface area contributed by atoms with Crippen molar-refractivity contribution in [3.63, 3.8) is 0 Å². The number of likely N-dealkylation sites (tertiary alicyclic amines) is 1. The molecule has 0 aliphatic carbocycles. The smallest absolute Gasteiger partial charge is 0.175 e. The maximum absolute atomic E-state index is 14.1. The first-order valence-corrected chi connectivity index (χ1v) is 19.2. The van der Waals surface area contributed by atoms with Crippen LogP contribution in [0.15, 0.2) is 42.5 Å². The van der Waals surface area contributed by atoms with E-state index in [1.165, 1.54) is 10.4 Å². The van der Waals surface area contributed by atoms with Gasteiger partial charge in [-0.05, 0) is 85.7 Å². The van der Waals surface area contributed by atoms with E-state index in [1.807, 2.05) is 24.3 Å². The van der Waals surface area contributed by atoms with Crippen LogP contribution in [0.2, 0.25) is 25.7 Å². The zero-order chi connectivity index (χ0) is 30.8. The number of nitrogens with two attached hydrogens (primary N) is 1. The Morgan fingerprint density at radius 3 is 2.72 bits per heavy atom. The summed E-state index contributed by atoms with van der Waals surface area (Å²) in [6, 6.07) is 15.3. The molecular weight excluding hydrogens is 563 g/mol. The van der Waals surface area contributed by atoms with E-state index in [0.29, 0.717) is 43.7 Å². The first kappa shape index (κ1) is 33.4. The second-order valence-electron chi connectivity index (χ2n) is 12.9. The number of halogens is 1. The van der Waals surface area contributed by atoms with Gasteiger partial charge in [0.1, 0.15) is 11.9 Å². The minimum atomic E-state index is -1.12. The second kappa shape index (κ2) is 16.0. The zero-order valence-electron chi connectivity index (χ0n) is 26.5. The summed E-state index contributed by atoms with van der Waals surface area (Å²) in [6.07, 6.45) is 4.04. The third kappa shape index (κ3) is 10.5. The van der Waals surface area contributed by atoms with Gasteiger partial charge in [-0.2, -0.15) is 0 Å². The second-order valence-corrected chi connectivity index (χ2v) is 18.6. The molecule has 2 N–H and O–H groups in total. The quantitative estimate of drug-likeness (QED) is 0.125. The summed E-state index contributed by atoms with van der Waals surface area (Å²) >= 11 is 0. The van der Waals surface area contributed by atoms with Crippen molar-refractivity contribution in [2.75, 3.05) is 26.3 Å². The van der Waals surface area contributed by atoms with Crippen LogP contribution >= 0.6 is 0 Å². The Kier molecular flexibility index (Phi) is 12.4. The zero-order valence-corrected chi connectivity index (χ0v) is 27.5. The fourth-order valence-corrected chi connectivity index (χ4v) is 6.26. The van der Waals surface area contributed by atoms with E-state index in [9.17, 15) is 4.39 Å². The molecule has 3 atom stereocenters. The Balaban J connectivity index is 1.25. The molecule has 0 saturated carbocycles. The molecule has 1 aromatic heterocycles. The van der Waals surface area contributed by atoms with Gasteiger partial charge in [0, 0.05) is 33.7 Å². The van der Waals surface area contributed by atoms with Crippen molar-refractivity contribution in [1.82, 2.24) is 25.1 Å². The van der Waals surface area contributed by atoms with Crippen molar-refractivity contribution in [1.29, 1.82) is 0 Å². The van der Waals surface area contributed by atoms with E-state index in [1.54, 1.807) is 13.0 Å². The van der Waals surface area contributed by atoms with Crippen LogP contribution in [-0.2, 0) is 40.3 Å². The fraction of sp³-hybridized carbons (Fsp3) is 0.594. The van der Waals surface area contributed by atoms with Crippen molar-refractivity contribution < 1.29 is 18.7 Å². The number of hydrogen-bond donors (Lipinski definition) is 1. The lowest BCUT2D eigenvalue weighted by Crippen LogP contribution is -2.41. The normalized spacial score (nSPS) is 17.4. The van der Waals surface area contributed by atoms with Gasteiger partial charge in [0.15, 0.2) is 12.6 Å². The summed E-state index contributed by atoms with van der Waals surface area (Å²) in [5, 5.41) is 12.9. The molecular formula is C32H49FN6O3Si. The number of tetrazole rings is 1. The monoisotopic (exact) mass is 612 g/mol. The van der Waals surface area contributed by atoms with Crippen LogP contribution in [0.4, 0.5) is 4.39 Å². The summed E-state index contributed by atoms with van der Waals surface area (Å²) < 4.78 is 26.1. The summed E-state index contributed by atoms with van der Waals surface area (Å²) in [7, 11) is -1.12. The lowest BCUT2D eigenvalue weighted by atomic mass is 9.99. The number of nitrogens with zero attached hydrogens (tertiary/aromatic N) is 5. The van der Waals surface area contributed by atoms with Gasteiger partial charge in [-0.3, -0.25) is 9.74 Å². The molecule has 11 heteroatoms.